The van der Waals surface area contributed by atoms with Crippen LogP contribution in [-0.4, -0.2) is 22.4 Å². The van der Waals surface area contributed by atoms with Gasteiger partial charge in [0.25, 0.3) is 11.8 Å². The van der Waals surface area contributed by atoms with Crippen molar-refractivity contribution >= 4 is 40.5 Å². The molecule has 1 aliphatic heterocycles. The van der Waals surface area contributed by atoms with Crippen molar-refractivity contribution in [2.45, 2.75) is 39.7 Å². The molecule has 1 saturated heterocycles. The number of fused-ring (bicyclic) bond motifs is 1. The lowest BCUT2D eigenvalue weighted by atomic mass is 9.98. The molecule has 3 aromatic carbocycles. The number of nitrogens with zero attached hydrogens (tertiary/aromatic N) is 2. The van der Waals surface area contributed by atoms with E-state index in [0.717, 1.165) is 38.9 Å². The summed E-state index contributed by atoms with van der Waals surface area (Å²) in [5.41, 5.74) is 5.55. The number of barbiturate groups is 1. The predicted molar refractivity (Wildman–Crippen MR) is 146 cm³/mol. The molecule has 6 nitrogen and oxygen atoms in total. The fourth-order valence-electron chi connectivity index (χ4n) is 4.65. The van der Waals surface area contributed by atoms with Gasteiger partial charge in [-0.15, -0.1) is 0 Å². The number of para-hydroxylation sites is 1. The Hall–Kier alpha value is -4.45. The fraction of sp³-hybridized carbons (Fsp3) is 0.194. The molecule has 1 fully saturated rings. The van der Waals surface area contributed by atoms with Gasteiger partial charge >= 0.3 is 6.03 Å². The second kappa shape index (κ2) is 9.90. The van der Waals surface area contributed by atoms with E-state index < -0.39 is 17.8 Å². The van der Waals surface area contributed by atoms with Gasteiger partial charge in [-0.05, 0) is 54.7 Å². The molecule has 0 unspecified atom stereocenters. The van der Waals surface area contributed by atoms with Crippen LogP contribution in [0.25, 0.3) is 17.0 Å². The molecule has 1 aliphatic rings. The number of hydrogen-bond acceptors (Lipinski definition) is 3. The highest BCUT2D eigenvalue weighted by atomic mass is 16.2. The third kappa shape index (κ3) is 4.70. The monoisotopic (exact) mass is 491 g/mol. The van der Waals surface area contributed by atoms with Crippen LogP contribution in [0.5, 0.6) is 0 Å². The summed E-state index contributed by atoms with van der Waals surface area (Å²) in [6.45, 7) is 6.94. The summed E-state index contributed by atoms with van der Waals surface area (Å²) >= 11 is 0. The van der Waals surface area contributed by atoms with Gasteiger partial charge < -0.3 is 4.57 Å². The van der Waals surface area contributed by atoms with Gasteiger partial charge in [-0.3, -0.25) is 14.9 Å². The Morgan fingerprint density at radius 3 is 2.32 bits per heavy atom. The normalized spacial score (nSPS) is 15.9. The van der Waals surface area contributed by atoms with Crippen molar-refractivity contribution in [1.82, 2.24) is 9.88 Å². The molecule has 37 heavy (non-hydrogen) atoms. The highest BCUT2D eigenvalue weighted by molar-refractivity contribution is 6.39. The topological polar surface area (TPSA) is 71.4 Å². The number of aromatic nitrogens is 1. The fourth-order valence-corrected chi connectivity index (χ4v) is 4.65. The summed E-state index contributed by atoms with van der Waals surface area (Å²) in [7, 11) is 0. The third-order valence-electron chi connectivity index (χ3n) is 7.03. The Balaban J connectivity index is 1.51. The van der Waals surface area contributed by atoms with Gasteiger partial charge in [-0.25, -0.2) is 9.69 Å². The predicted octanol–water partition coefficient (Wildman–Crippen LogP) is 6.18. The lowest BCUT2D eigenvalue weighted by molar-refractivity contribution is -0.122. The molecular weight excluding hydrogens is 462 g/mol. The molecule has 0 saturated carbocycles. The second-order valence-corrected chi connectivity index (χ2v) is 9.57. The van der Waals surface area contributed by atoms with Crippen molar-refractivity contribution < 1.29 is 14.4 Å². The number of aryl methyl sites for hydroxylation is 1. The minimum absolute atomic E-state index is 0.0798. The molecular formula is C31H29N3O3. The summed E-state index contributed by atoms with van der Waals surface area (Å²) < 4.78 is 2.11. The van der Waals surface area contributed by atoms with Crippen LogP contribution in [0.15, 0.2) is 84.6 Å². The highest BCUT2D eigenvalue weighted by Gasteiger charge is 2.37. The maximum absolute atomic E-state index is 13.5. The van der Waals surface area contributed by atoms with Crippen LogP contribution in [0.3, 0.4) is 0 Å². The second-order valence-electron chi connectivity index (χ2n) is 9.57. The van der Waals surface area contributed by atoms with Gasteiger partial charge in [0.2, 0.25) is 0 Å². The van der Waals surface area contributed by atoms with E-state index in [9.17, 15) is 14.4 Å². The number of amides is 4. The molecule has 0 radical (unpaired) electrons. The Morgan fingerprint density at radius 1 is 0.919 bits per heavy atom. The van der Waals surface area contributed by atoms with Crippen molar-refractivity contribution in [3.8, 4) is 0 Å². The Kier molecular flexibility index (Phi) is 6.49. The van der Waals surface area contributed by atoms with Crippen molar-refractivity contribution in [3.63, 3.8) is 0 Å². The minimum Gasteiger partial charge on any atom is -0.342 e. The first-order valence-electron chi connectivity index (χ1n) is 12.5. The van der Waals surface area contributed by atoms with E-state index >= 15 is 0 Å². The lowest BCUT2D eigenvalue weighted by Gasteiger charge is -2.26. The molecule has 2 heterocycles. The molecule has 4 aromatic rings. The molecule has 5 rings (SSSR count). The first-order valence-corrected chi connectivity index (χ1v) is 12.5. The number of hydrogen-bond donors (Lipinski definition) is 1. The van der Waals surface area contributed by atoms with E-state index in [2.05, 4.69) is 54.9 Å². The van der Waals surface area contributed by atoms with Crippen LogP contribution in [0.1, 0.15) is 48.4 Å². The van der Waals surface area contributed by atoms with Crippen molar-refractivity contribution in [3.05, 3.63) is 107 Å². The number of urea groups is 1. The van der Waals surface area contributed by atoms with Gasteiger partial charge in [0.05, 0.1) is 5.69 Å². The molecule has 186 valence electrons. The van der Waals surface area contributed by atoms with Gasteiger partial charge in [0.1, 0.15) is 5.57 Å². The van der Waals surface area contributed by atoms with Crippen LogP contribution in [0, 0.1) is 6.92 Å². The zero-order chi connectivity index (χ0) is 26.1. The average Bonchev–Trinajstić information content (AvgIpc) is 3.24. The van der Waals surface area contributed by atoms with Gasteiger partial charge in [0, 0.05) is 29.2 Å². The number of carbonyl (C=O) groups is 3. The zero-order valence-corrected chi connectivity index (χ0v) is 21.2. The standard InChI is InChI=1S/C31H29N3O3/c1-4-21(3)23-13-15-25(16-14-23)34-30(36)27(29(35)32-31(34)37)17-24-19-33(28-8-6-5-7-26(24)28)18-22-11-9-20(2)10-12-22/h5-17,19,21H,4,18H2,1-3H3,(H,32,35,37)/b27-17+/t21-/m1/s1. The van der Waals surface area contributed by atoms with E-state index in [1.54, 1.807) is 18.2 Å². The molecule has 0 bridgehead atoms. The minimum atomic E-state index is -0.745. The van der Waals surface area contributed by atoms with Crippen LogP contribution >= 0.6 is 0 Å². The van der Waals surface area contributed by atoms with Crippen molar-refractivity contribution in [2.24, 2.45) is 0 Å². The van der Waals surface area contributed by atoms with E-state index in [-0.39, 0.29) is 5.57 Å². The quantitative estimate of drug-likeness (QED) is 0.259. The smallest absolute Gasteiger partial charge is 0.335 e. The van der Waals surface area contributed by atoms with E-state index in [1.165, 1.54) is 5.56 Å². The van der Waals surface area contributed by atoms with Crippen molar-refractivity contribution in [1.29, 1.82) is 0 Å². The summed E-state index contributed by atoms with van der Waals surface area (Å²) in [6.07, 6.45) is 4.51. The number of anilines is 1. The van der Waals surface area contributed by atoms with E-state index in [0.29, 0.717) is 18.2 Å². The SMILES string of the molecule is CC[C@@H](C)c1ccc(N2C(=O)NC(=O)/C(=C\c3cn(Cc4ccc(C)cc4)c4ccccc34)C2=O)cc1. The van der Waals surface area contributed by atoms with Crippen LogP contribution in [0.2, 0.25) is 0 Å². The van der Waals surface area contributed by atoms with E-state index in [4.69, 9.17) is 0 Å². The molecule has 1 N–H and O–H groups in total. The van der Waals surface area contributed by atoms with Crippen LogP contribution in [-0.2, 0) is 16.1 Å². The van der Waals surface area contributed by atoms with Crippen LogP contribution in [0.4, 0.5) is 10.5 Å². The molecule has 0 aliphatic carbocycles. The average molecular weight is 492 g/mol. The summed E-state index contributed by atoms with van der Waals surface area (Å²) in [5.74, 6) is -0.965. The summed E-state index contributed by atoms with van der Waals surface area (Å²) in [4.78, 5) is 40.0. The summed E-state index contributed by atoms with van der Waals surface area (Å²) in [5, 5.41) is 3.25. The Morgan fingerprint density at radius 2 is 1.62 bits per heavy atom. The first-order chi connectivity index (χ1) is 17.9. The third-order valence-corrected chi connectivity index (χ3v) is 7.03. The zero-order valence-electron chi connectivity index (χ0n) is 21.2. The highest BCUT2D eigenvalue weighted by Crippen LogP contribution is 2.28. The molecule has 1 aromatic heterocycles. The van der Waals surface area contributed by atoms with Crippen molar-refractivity contribution in [2.75, 3.05) is 4.90 Å². The number of benzene rings is 3. The first kappa shape index (κ1) is 24.3. The van der Waals surface area contributed by atoms with Gasteiger partial charge in [0.15, 0.2) is 0 Å². The molecule has 4 amide bonds. The number of imide groups is 2. The largest absolute Gasteiger partial charge is 0.342 e. The number of nitrogens with one attached hydrogen (secondary N) is 1. The number of rotatable bonds is 6. The number of carbonyl (C=O) groups excluding carboxylic acids is 3. The van der Waals surface area contributed by atoms with E-state index in [1.807, 2.05) is 42.6 Å². The molecule has 0 spiro atoms. The molecule has 1 atom stereocenters. The Bertz CT molecular complexity index is 1530. The van der Waals surface area contributed by atoms with Crippen LogP contribution < -0.4 is 10.2 Å². The summed E-state index contributed by atoms with van der Waals surface area (Å²) in [6, 6.07) is 22.8. The molecule has 6 heteroatoms. The maximum atomic E-state index is 13.5. The Labute approximate surface area is 216 Å². The lowest BCUT2D eigenvalue weighted by Crippen LogP contribution is -2.54. The van der Waals surface area contributed by atoms with Gasteiger partial charge in [-0.1, -0.05) is 74.0 Å². The maximum Gasteiger partial charge on any atom is 0.335 e. The van der Waals surface area contributed by atoms with Gasteiger partial charge in [-0.2, -0.15) is 0 Å².